The van der Waals surface area contributed by atoms with Crippen LogP contribution in [0.15, 0.2) is 41.6 Å². The molecule has 13 nitrogen and oxygen atoms in total. The minimum Gasteiger partial charge on any atom is -0.463 e. The predicted molar refractivity (Wildman–Crippen MR) is 108 cm³/mol. The first-order valence-corrected chi connectivity index (χ1v) is 11.0. The smallest absolute Gasteiger partial charge is 0.436 e. The molecule has 0 radical (unpaired) electrons. The van der Waals surface area contributed by atoms with Gasteiger partial charge in [0.25, 0.3) is 10.1 Å². The van der Waals surface area contributed by atoms with Gasteiger partial charge in [0, 0.05) is 13.8 Å². The van der Waals surface area contributed by atoms with Crippen molar-refractivity contribution in [1.29, 1.82) is 0 Å². The van der Waals surface area contributed by atoms with Crippen LogP contribution in [0.3, 0.4) is 0 Å². The number of nitrogens with zero attached hydrogens (tertiary/aromatic N) is 3. The monoisotopic (exact) mass is 483 g/mol. The van der Waals surface area contributed by atoms with E-state index in [1.165, 1.54) is 18.3 Å². The molecule has 1 aromatic carbocycles. The molecule has 2 aromatic rings. The van der Waals surface area contributed by atoms with Crippen molar-refractivity contribution >= 4 is 28.0 Å². The number of ether oxygens (including phenoxy) is 3. The number of imidazole rings is 1. The second kappa shape index (κ2) is 9.64. The molecule has 1 saturated heterocycles. The molecule has 1 aliphatic heterocycles. The van der Waals surface area contributed by atoms with Gasteiger partial charge in [-0.25, -0.2) is 0 Å². The number of rotatable bonds is 8. The maximum atomic E-state index is 13.0. The summed E-state index contributed by atoms with van der Waals surface area (Å²) in [6.07, 6.45) is -3.26. The van der Waals surface area contributed by atoms with Crippen LogP contribution < -0.4 is 0 Å². The van der Waals surface area contributed by atoms with Gasteiger partial charge in [-0.2, -0.15) is 13.0 Å². The fourth-order valence-corrected chi connectivity index (χ4v) is 4.33. The predicted octanol–water partition coefficient (Wildman–Crippen LogP) is 1.27. The molecule has 1 aromatic heterocycles. The topological polar surface area (TPSA) is 166 Å². The number of aryl methyl sites for hydroxylation is 1. The number of hydrogen-bond donors (Lipinski definition) is 0. The lowest BCUT2D eigenvalue weighted by atomic mass is 10.1. The molecule has 1 aliphatic rings. The van der Waals surface area contributed by atoms with E-state index in [1.54, 1.807) is 19.1 Å². The molecular formula is C19H21N3O10S. The highest BCUT2D eigenvalue weighted by Crippen LogP contribution is 2.37. The summed E-state index contributed by atoms with van der Waals surface area (Å²) in [7, 11) is -4.42. The van der Waals surface area contributed by atoms with E-state index in [0.29, 0.717) is 0 Å². The standard InChI is InChI=1S/C19H21N3O10S/c1-11-4-6-14(7-5-11)33(27,28)32-17-16(30-13(3)24)15(10-29-12(2)23)31-18(17)21-9-8-20-19(21)22(25)26/h4-9,15-18H,10H2,1-3H3/t15-,16-,17-,18-/m1/s1. The van der Waals surface area contributed by atoms with Crippen LogP contribution in [0.5, 0.6) is 0 Å². The summed E-state index contributed by atoms with van der Waals surface area (Å²) < 4.78 is 48.2. The van der Waals surface area contributed by atoms with Crippen molar-refractivity contribution in [2.24, 2.45) is 0 Å². The minimum absolute atomic E-state index is 0.183. The van der Waals surface area contributed by atoms with Crippen molar-refractivity contribution in [1.82, 2.24) is 9.55 Å². The lowest BCUT2D eigenvalue weighted by Crippen LogP contribution is -2.40. The molecule has 0 saturated carbocycles. The van der Waals surface area contributed by atoms with Gasteiger partial charge >= 0.3 is 17.9 Å². The van der Waals surface area contributed by atoms with Crippen LogP contribution in [0.1, 0.15) is 25.6 Å². The molecule has 0 bridgehead atoms. The molecule has 178 valence electrons. The zero-order valence-electron chi connectivity index (χ0n) is 17.8. The maximum absolute atomic E-state index is 13.0. The molecule has 0 spiro atoms. The summed E-state index contributed by atoms with van der Waals surface area (Å²) in [4.78, 5) is 37.1. The number of esters is 2. The Morgan fingerprint density at radius 3 is 2.42 bits per heavy atom. The Kier molecular flexibility index (Phi) is 7.09. The molecule has 4 atom stereocenters. The Bertz CT molecular complexity index is 1140. The van der Waals surface area contributed by atoms with Crippen LogP contribution in [0.2, 0.25) is 0 Å². The second-order valence-electron chi connectivity index (χ2n) is 7.16. The van der Waals surface area contributed by atoms with E-state index in [2.05, 4.69) is 4.98 Å². The lowest BCUT2D eigenvalue weighted by molar-refractivity contribution is -0.398. The summed E-state index contributed by atoms with van der Waals surface area (Å²) in [5.41, 5.74) is 0.810. The Labute approximate surface area is 188 Å². The van der Waals surface area contributed by atoms with Crippen molar-refractivity contribution in [2.75, 3.05) is 6.61 Å². The first-order chi connectivity index (χ1) is 15.5. The number of benzene rings is 1. The van der Waals surface area contributed by atoms with Crippen molar-refractivity contribution in [3.63, 3.8) is 0 Å². The highest BCUT2D eigenvalue weighted by molar-refractivity contribution is 7.86. The fraction of sp³-hybridized carbons (Fsp3) is 0.421. The maximum Gasteiger partial charge on any atom is 0.436 e. The summed E-state index contributed by atoms with van der Waals surface area (Å²) in [6.45, 7) is 3.58. The average Bonchev–Trinajstić information content (AvgIpc) is 3.32. The molecular weight excluding hydrogens is 462 g/mol. The van der Waals surface area contributed by atoms with Crippen LogP contribution >= 0.6 is 0 Å². The van der Waals surface area contributed by atoms with Gasteiger partial charge in [0.05, 0.1) is 4.90 Å². The molecule has 14 heteroatoms. The third-order valence-electron chi connectivity index (χ3n) is 4.67. The Balaban J connectivity index is 2.04. The molecule has 0 aliphatic carbocycles. The Hall–Kier alpha value is -3.36. The average molecular weight is 483 g/mol. The van der Waals surface area contributed by atoms with Gasteiger partial charge in [-0.05, 0) is 24.0 Å². The number of hydrogen-bond acceptors (Lipinski definition) is 11. The first kappa shape index (κ1) is 24.3. The van der Waals surface area contributed by atoms with E-state index in [9.17, 15) is 28.1 Å². The van der Waals surface area contributed by atoms with Crippen LogP contribution in [-0.2, 0) is 38.1 Å². The van der Waals surface area contributed by atoms with Crippen molar-refractivity contribution in [2.45, 2.75) is 50.2 Å². The molecule has 0 unspecified atom stereocenters. The molecule has 2 heterocycles. The molecule has 33 heavy (non-hydrogen) atoms. The van der Waals surface area contributed by atoms with Crippen molar-refractivity contribution < 1.29 is 41.3 Å². The zero-order chi connectivity index (χ0) is 24.3. The van der Waals surface area contributed by atoms with Crippen molar-refractivity contribution in [3.05, 3.63) is 52.3 Å². The van der Waals surface area contributed by atoms with Gasteiger partial charge in [0.2, 0.25) is 6.23 Å². The highest BCUT2D eigenvalue weighted by Gasteiger charge is 2.54. The van der Waals surface area contributed by atoms with Gasteiger partial charge in [0.15, 0.2) is 12.2 Å². The summed E-state index contributed by atoms with van der Waals surface area (Å²) in [5.74, 6) is -2.11. The SMILES string of the molecule is CC(=O)OC[C@H]1O[C@@H](n2ccnc2[N+](=O)[O-])[C@H](OS(=O)(=O)c2ccc(C)cc2)[C@@H]1OC(C)=O. The second-order valence-corrected chi connectivity index (χ2v) is 8.73. The van der Waals surface area contributed by atoms with E-state index in [4.69, 9.17) is 18.4 Å². The van der Waals surface area contributed by atoms with Gasteiger partial charge in [-0.3, -0.25) is 13.8 Å². The van der Waals surface area contributed by atoms with E-state index in [1.807, 2.05) is 0 Å². The zero-order valence-corrected chi connectivity index (χ0v) is 18.6. The first-order valence-electron chi connectivity index (χ1n) is 9.63. The third kappa shape index (κ3) is 5.53. The van der Waals surface area contributed by atoms with Gasteiger partial charge in [-0.15, -0.1) is 0 Å². The molecule has 1 fully saturated rings. The number of aromatic nitrogens is 2. The van der Waals surface area contributed by atoms with Crippen LogP contribution in [-0.4, -0.2) is 59.7 Å². The summed E-state index contributed by atoms with van der Waals surface area (Å²) in [6, 6.07) is 5.78. The van der Waals surface area contributed by atoms with Crippen LogP contribution in [0.4, 0.5) is 5.95 Å². The Morgan fingerprint density at radius 2 is 1.85 bits per heavy atom. The largest absolute Gasteiger partial charge is 0.463 e. The van der Waals surface area contributed by atoms with Crippen LogP contribution in [0, 0.1) is 17.0 Å². The van der Waals surface area contributed by atoms with Gasteiger partial charge in [0.1, 0.15) is 25.1 Å². The molecule has 0 amide bonds. The fourth-order valence-electron chi connectivity index (χ4n) is 3.25. The molecule has 3 rings (SSSR count). The number of carbonyl (C=O) groups excluding carboxylic acids is 2. The molecule has 0 N–H and O–H groups in total. The summed E-state index contributed by atoms with van der Waals surface area (Å²) >= 11 is 0. The highest BCUT2D eigenvalue weighted by atomic mass is 32.2. The normalized spacial score (nSPS) is 22.6. The third-order valence-corrected chi connectivity index (χ3v) is 6.00. The number of carbonyl (C=O) groups is 2. The Morgan fingerprint density at radius 1 is 1.18 bits per heavy atom. The van der Waals surface area contributed by atoms with E-state index in [0.717, 1.165) is 30.2 Å². The lowest BCUT2D eigenvalue weighted by Gasteiger charge is -2.23. The van der Waals surface area contributed by atoms with Crippen LogP contribution in [0.25, 0.3) is 0 Å². The number of nitro groups is 1. The van der Waals surface area contributed by atoms with Crippen molar-refractivity contribution in [3.8, 4) is 0 Å². The van der Waals surface area contributed by atoms with Gasteiger partial charge < -0.3 is 24.3 Å². The minimum atomic E-state index is -4.42. The van der Waals surface area contributed by atoms with E-state index >= 15 is 0 Å². The van der Waals surface area contributed by atoms with E-state index < -0.39 is 64.1 Å². The van der Waals surface area contributed by atoms with Gasteiger partial charge in [-0.1, -0.05) is 22.7 Å². The summed E-state index contributed by atoms with van der Waals surface area (Å²) in [5, 5.41) is 11.4. The van der Waals surface area contributed by atoms with E-state index in [-0.39, 0.29) is 4.90 Å². The quantitative estimate of drug-likeness (QED) is 0.229.